The predicted molar refractivity (Wildman–Crippen MR) is 72.8 cm³/mol. The first-order chi connectivity index (χ1) is 10.2. The van der Waals surface area contributed by atoms with E-state index >= 15 is 0 Å². The van der Waals surface area contributed by atoms with Crippen molar-refractivity contribution < 1.29 is 18.8 Å². The lowest BCUT2D eigenvalue weighted by atomic mass is 10.3. The standard InChI is InChI=1S/C13H9N3O4S/c17-13(18)8-3-4-14-11(6-8)21-7-10-15-12(16-20-10)9-2-1-5-19-9/h1-6H,7H2,(H,17,18). The molecule has 0 aromatic carbocycles. The molecule has 3 rings (SSSR count). The highest BCUT2D eigenvalue weighted by atomic mass is 32.2. The third-order valence-corrected chi connectivity index (χ3v) is 3.45. The van der Waals surface area contributed by atoms with Gasteiger partial charge in [-0.05, 0) is 24.3 Å². The number of carbonyl (C=O) groups is 1. The van der Waals surface area contributed by atoms with E-state index in [2.05, 4.69) is 15.1 Å². The lowest BCUT2D eigenvalue weighted by molar-refractivity contribution is 0.0696. The van der Waals surface area contributed by atoms with Crippen LogP contribution in [0.3, 0.4) is 0 Å². The Hall–Kier alpha value is -2.61. The van der Waals surface area contributed by atoms with Crippen LogP contribution in [0.15, 0.2) is 50.7 Å². The topological polar surface area (TPSA) is 102 Å². The zero-order chi connectivity index (χ0) is 14.7. The van der Waals surface area contributed by atoms with Crippen LogP contribution in [0.4, 0.5) is 0 Å². The van der Waals surface area contributed by atoms with E-state index in [1.165, 1.54) is 36.4 Å². The molecule has 0 radical (unpaired) electrons. The Labute approximate surface area is 123 Å². The normalized spacial score (nSPS) is 10.7. The van der Waals surface area contributed by atoms with E-state index in [0.29, 0.717) is 28.3 Å². The summed E-state index contributed by atoms with van der Waals surface area (Å²) in [7, 11) is 0. The number of carboxylic acids is 1. The molecule has 0 unspecified atom stereocenters. The first-order valence-corrected chi connectivity index (χ1v) is 6.89. The van der Waals surface area contributed by atoms with Gasteiger partial charge in [0.25, 0.3) is 0 Å². The molecule has 0 saturated carbocycles. The fourth-order valence-corrected chi connectivity index (χ4v) is 2.31. The van der Waals surface area contributed by atoms with E-state index in [-0.39, 0.29) is 5.56 Å². The van der Waals surface area contributed by atoms with Crippen LogP contribution in [0.2, 0.25) is 0 Å². The Kier molecular flexibility index (Phi) is 3.69. The molecule has 0 bridgehead atoms. The monoisotopic (exact) mass is 303 g/mol. The van der Waals surface area contributed by atoms with E-state index in [1.807, 2.05) is 0 Å². The molecule has 21 heavy (non-hydrogen) atoms. The first-order valence-electron chi connectivity index (χ1n) is 5.91. The van der Waals surface area contributed by atoms with Gasteiger partial charge in [-0.2, -0.15) is 4.98 Å². The molecule has 3 heterocycles. The number of carboxylic acid groups (broad SMARTS) is 1. The van der Waals surface area contributed by atoms with Gasteiger partial charge in [0, 0.05) is 6.20 Å². The van der Waals surface area contributed by atoms with E-state index in [9.17, 15) is 4.79 Å². The van der Waals surface area contributed by atoms with E-state index < -0.39 is 5.97 Å². The lowest BCUT2D eigenvalue weighted by Gasteiger charge is -1.98. The Morgan fingerprint density at radius 2 is 2.29 bits per heavy atom. The van der Waals surface area contributed by atoms with Gasteiger partial charge in [0.2, 0.25) is 11.7 Å². The zero-order valence-corrected chi connectivity index (χ0v) is 11.4. The quantitative estimate of drug-likeness (QED) is 0.718. The van der Waals surface area contributed by atoms with Gasteiger partial charge in [-0.3, -0.25) is 0 Å². The molecule has 0 spiro atoms. The summed E-state index contributed by atoms with van der Waals surface area (Å²) in [6, 6.07) is 6.41. The third kappa shape index (κ3) is 3.11. The number of rotatable bonds is 5. The van der Waals surface area contributed by atoms with Gasteiger partial charge < -0.3 is 14.0 Å². The zero-order valence-electron chi connectivity index (χ0n) is 10.6. The van der Waals surface area contributed by atoms with Crippen molar-refractivity contribution >= 4 is 17.7 Å². The minimum absolute atomic E-state index is 0.189. The summed E-state index contributed by atoms with van der Waals surface area (Å²) >= 11 is 1.31. The van der Waals surface area contributed by atoms with Gasteiger partial charge in [0.1, 0.15) is 0 Å². The van der Waals surface area contributed by atoms with Gasteiger partial charge in [0.05, 0.1) is 22.6 Å². The molecule has 1 N–H and O–H groups in total. The predicted octanol–water partition coefficient (Wildman–Crippen LogP) is 2.72. The van der Waals surface area contributed by atoms with Gasteiger partial charge >= 0.3 is 5.97 Å². The minimum atomic E-state index is -0.989. The largest absolute Gasteiger partial charge is 0.478 e. The fourth-order valence-electron chi connectivity index (χ4n) is 1.58. The van der Waals surface area contributed by atoms with Crippen molar-refractivity contribution in [3.63, 3.8) is 0 Å². The average molecular weight is 303 g/mol. The van der Waals surface area contributed by atoms with Crippen LogP contribution in [0.25, 0.3) is 11.6 Å². The Bertz CT molecular complexity index is 754. The van der Waals surface area contributed by atoms with Crippen molar-refractivity contribution in [2.75, 3.05) is 0 Å². The molecular weight excluding hydrogens is 294 g/mol. The maximum absolute atomic E-state index is 10.9. The highest BCUT2D eigenvalue weighted by molar-refractivity contribution is 7.98. The highest BCUT2D eigenvalue weighted by Gasteiger charge is 2.12. The number of furan rings is 1. The Morgan fingerprint density at radius 1 is 1.38 bits per heavy atom. The first kappa shape index (κ1) is 13.4. The number of pyridine rings is 1. The van der Waals surface area contributed by atoms with Crippen LogP contribution in [0.1, 0.15) is 16.2 Å². The number of nitrogens with zero attached hydrogens (tertiary/aromatic N) is 3. The molecule has 0 saturated heterocycles. The summed E-state index contributed by atoms with van der Waals surface area (Å²) < 4.78 is 10.3. The summed E-state index contributed by atoms with van der Waals surface area (Å²) in [5.41, 5.74) is 0.189. The SMILES string of the molecule is O=C(O)c1ccnc(SCc2nc(-c3ccco3)no2)c1. The van der Waals surface area contributed by atoms with Gasteiger partial charge in [0.15, 0.2) is 5.76 Å². The van der Waals surface area contributed by atoms with E-state index in [1.54, 1.807) is 12.1 Å². The summed E-state index contributed by atoms with van der Waals surface area (Å²) in [5, 5.41) is 13.3. The van der Waals surface area contributed by atoms with Crippen LogP contribution >= 0.6 is 11.8 Å². The van der Waals surface area contributed by atoms with Crippen molar-refractivity contribution in [1.82, 2.24) is 15.1 Å². The second-order valence-corrected chi connectivity index (χ2v) is 4.96. The minimum Gasteiger partial charge on any atom is -0.478 e. The van der Waals surface area contributed by atoms with E-state index in [4.69, 9.17) is 14.0 Å². The van der Waals surface area contributed by atoms with Gasteiger partial charge in [-0.25, -0.2) is 9.78 Å². The molecular formula is C13H9N3O4S. The molecule has 7 nitrogen and oxygen atoms in total. The number of hydrogen-bond donors (Lipinski definition) is 1. The average Bonchev–Trinajstić information content (AvgIpc) is 3.16. The molecule has 0 aliphatic carbocycles. The Balaban J connectivity index is 1.68. The summed E-state index contributed by atoms with van der Waals surface area (Å²) in [6.45, 7) is 0. The molecule has 0 atom stereocenters. The molecule has 0 aliphatic rings. The summed E-state index contributed by atoms with van der Waals surface area (Å²) in [4.78, 5) is 19.1. The van der Waals surface area contributed by atoms with Crippen molar-refractivity contribution in [3.8, 4) is 11.6 Å². The van der Waals surface area contributed by atoms with Gasteiger partial charge in [-0.15, -0.1) is 0 Å². The molecule has 8 heteroatoms. The molecule has 0 amide bonds. The van der Waals surface area contributed by atoms with Crippen LogP contribution in [0, 0.1) is 0 Å². The number of thioether (sulfide) groups is 1. The fraction of sp³-hybridized carbons (Fsp3) is 0.0769. The van der Waals surface area contributed by atoms with Crippen LogP contribution in [0.5, 0.6) is 0 Å². The molecule has 3 aromatic rings. The van der Waals surface area contributed by atoms with Crippen LogP contribution < -0.4 is 0 Å². The maximum Gasteiger partial charge on any atom is 0.335 e. The Morgan fingerprint density at radius 3 is 3.05 bits per heavy atom. The van der Waals surface area contributed by atoms with Gasteiger partial charge in [-0.1, -0.05) is 16.9 Å². The molecule has 3 aromatic heterocycles. The number of aromatic carboxylic acids is 1. The number of aromatic nitrogens is 3. The summed E-state index contributed by atoms with van der Waals surface area (Å²) in [5.74, 6) is 0.721. The third-order valence-electron chi connectivity index (χ3n) is 2.53. The second-order valence-electron chi connectivity index (χ2n) is 3.97. The molecule has 106 valence electrons. The molecule has 0 fully saturated rings. The van der Waals surface area contributed by atoms with Crippen molar-refractivity contribution in [1.29, 1.82) is 0 Å². The highest BCUT2D eigenvalue weighted by Crippen LogP contribution is 2.22. The van der Waals surface area contributed by atoms with Crippen molar-refractivity contribution in [2.24, 2.45) is 0 Å². The van der Waals surface area contributed by atoms with Crippen LogP contribution in [-0.4, -0.2) is 26.2 Å². The van der Waals surface area contributed by atoms with Crippen LogP contribution in [-0.2, 0) is 5.75 Å². The second kappa shape index (κ2) is 5.80. The van der Waals surface area contributed by atoms with E-state index in [0.717, 1.165) is 0 Å². The van der Waals surface area contributed by atoms with Crippen molar-refractivity contribution in [2.45, 2.75) is 10.8 Å². The lowest BCUT2D eigenvalue weighted by Crippen LogP contribution is -1.96. The number of hydrogen-bond acceptors (Lipinski definition) is 7. The molecule has 0 aliphatic heterocycles. The summed E-state index contributed by atoms with van der Waals surface area (Å²) in [6.07, 6.45) is 2.98. The smallest absolute Gasteiger partial charge is 0.335 e. The van der Waals surface area contributed by atoms with Crippen molar-refractivity contribution in [3.05, 3.63) is 48.2 Å². The maximum atomic E-state index is 10.9.